The number of amides is 1. The molecular formula is C19H17ClN2O2. The fourth-order valence-corrected chi connectivity index (χ4v) is 2.63. The average Bonchev–Trinajstić information content (AvgIpc) is 2.97. The van der Waals surface area contributed by atoms with Gasteiger partial charge in [-0.3, -0.25) is 4.79 Å². The van der Waals surface area contributed by atoms with E-state index in [4.69, 9.17) is 16.0 Å². The van der Waals surface area contributed by atoms with Gasteiger partial charge in [0, 0.05) is 10.6 Å². The summed E-state index contributed by atoms with van der Waals surface area (Å²) in [6.45, 7) is 3.66. The second-order valence-electron chi connectivity index (χ2n) is 5.55. The number of aryl methyl sites for hydroxylation is 1. The van der Waals surface area contributed by atoms with Crippen molar-refractivity contribution in [1.29, 1.82) is 0 Å². The van der Waals surface area contributed by atoms with E-state index in [0.29, 0.717) is 16.6 Å². The van der Waals surface area contributed by atoms with E-state index < -0.39 is 0 Å². The third-order valence-corrected chi connectivity index (χ3v) is 3.95. The van der Waals surface area contributed by atoms with Crippen molar-refractivity contribution in [3.05, 3.63) is 76.6 Å². The first-order valence-corrected chi connectivity index (χ1v) is 8.01. The van der Waals surface area contributed by atoms with E-state index in [1.54, 1.807) is 13.0 Å². The number of halogens is 1. The van der Waals surface area contributed by atoms with Crippen molar-refractivity contribution in [2.75, 3.05) is 0 Å². The fraction of sp³-hybridized carbons (Fsp3) is 0.158. The van der Waals surface area contributed by atoms with E-state index in [1.807, 2.05) is 55.5 Å². The number of hydrogen-bond acceptors (Lipinski definition) is 3. The molecule has 0 saturated heterocycles. The summed E-state index contributed by atoms with van der Waals surface area (Å²) >= 11 is 6.00. The molecule has 5 heteroatoms. The lowest BCUT2D eigenvalue weighted by Crippen LogP contribution is -2.26. The Bertz CT molecular complexity index is 859. The third-order valence-electron chi connectivity index (χ3n) is 3.72. The van der Waals surface area contributed by atoms with Crippen molar-refractivity contribution < 1.29 is 9.21 Å². The van der Waals surface area contributed by atoms with Crippen LogP contribution in [0.1, 0.15) is 34.8 Å². The van der Waals surface area contributed by atoms with E-state index in [0.717, 1.165) is 11.1 Å². The molecule has 24 heavy (non-hydrogen) atoms. The highest BCUT2D eigenvalue weighted by Crippen LogP contribution is 2.23. The molecule has 1 amide bonds. The first kappa shape index (κ1) is 16.3. The number of benzene rings is 2. The number of rotatable bonds is 4. The highest BCUT2D eigenvalue weighted by molar-refractivity contribution is 6.30. The van der Waals surface area contributed by atoms with Crippen LogP contribution >= 0.6 is 11.6 Å². The number of nitrogens with one attached hydrogen (secondary N) is 1. The lowest BCUT2D eigenvalue weighted by atomic mass is 10.1. The molecule has 0 spiro atoms. The molecule has 0 bridgehead atoms. The molecule has 1 atom stereocenters. The van der Waals surface area contributed by atoms with Crippen LogP contribution in [-0.2, 0) is 0 Å². The number of carbonyl (C=O) groups is 1. The predicted octanol–water partition coefficient (Wildman–Crippen LogP) is 4.79. The Morgan fingerprint density at radius 3 is 2.62 bits per heavy atom. The molecular weight excluding hydrogens is 324 g/mol. The molecule has 3 rings (SSSR count). The van der Waals surface area contributed by atoms with Gasteiger partial charge in [0.05, 0.1) is 11.7 Å². The van der Waals surface area contributed by atoms with Crippen LogP contribution < -0.4 is 5.32 Å². The Labute approximate surface area is 145 Å². The molecule has 0 aliphatic heterocycles. The number of carbonyl (C=O) groups excluding carboxylic acids is 1. The zero-order valence-electron chi connectivity index (χ0n) is 13.4. The van der Waals surface area contributed by atoms with E-state index in [9.17, 15) is 4.79 Å². The number of oxazole rings is 1. The van der Waals surface area contributed by atoms with Gasteiger partial charge in [-0.2, -0.15) is 0 Å². The van der Waals surface area contributed by atoms with Crippen LogP contribution in [0.2, 0.25) is 5.02 Å². The fourth-order valence-electron chi connectivity index (χ4n) is 2.43. The molecule has 0 aliphatic carbocycles. The summed E-state index contributed by atoms with van der Waals surface area (Å²) < 4.78 is 5.67. The molecule has 1 unspecified atom stereocenters. The van der Waals surface area contributed by atoms with Gasteiger partial charge >= 0.3 is 0 Å². The number of aromatic nitrogens is 1. The number of hydrogen-bond donors (Lipinski definition) is 1. The minimum Gasteiger partial charge on any atom is -0.431 e. The highest BCUT2D eigenvalue weighted by Gasteiger charge is 2.20. The quantitative estimate of drug-likeness (QED) is 0.742. The van der Waals surface area contributed by atoms with Gasteiger partial charge in [0.2, 0.25) is 11.7 Å². The van der Waals surface area contributed by atoms with Gasteiger partial charge in [-0.1, -0.05) is 41.9 Å². The topological polar surface area (TPSA) is 55.1 Å². The molecule has 0 radical (unpaired) electrons. The third kappa shape index (κ3) is 3.49. The van der Waals surface area contributed by atoms with Crippen molar-refractivity contribution in [3.63, 3.8) is 0 Å². The molecule has 4 nitrogen and oxygen atoms in total. The monoisotopic (exact) mass is 340 g/mol. The van der Waals surface area contributed by atoms with E-state index in [-0.39, 0.29) is 17.7 Å². The first-order chi connectivity index (χ1) is 11.5. The van der Waals surface area contributed by atoms with Gasteiger partial charge in [0.15, 0.2) is 0 Å². The van der Waals surface area contributed by atoms with Gasteiger partial charge in [0.1, 0.15) is 0 Å². The van der Waals surface area contributed by atoms with Crippen LogP contribution in [0, 0.1) is 6.92 Å². The Balaban J connectivity index is 1.79. The van der Waals surface area contributed by atoms with Crippen molar-refractivity contribution in [2.24, 2.45) is 0 Å². The molecule has 1 heterocycles. The minimum absolute atomic E-state index is 0.194. The molecule has 122 valence electrons. The average molecular weight is 341 g/mol. The smallest absolute Gasteiger partial charge is 0.289 e. The lowest BCUT2D eigenvalue weighted by Gasteiger charge is -2.13. The van der Waals surface area contributed by atoms with Gasteiger partial charge in [0.25, 0.3) is 5.91 Å². The van der Waals surface area contributed by atoms with Gasteiger partial charge in [-0.05, 0) is 43.7 Å². The van der Waals surface area contributed by atoms with Crippen LogP contribution in [0.4, 0.5) is 0 Å². The maximum Gasteiger partial charge on any atom is 0.289 e. The van der Waals surface area contributed by atoms with Crippen molar-refractivity contribution in [1.82, 2.24) is 10.3 Å². The molecule has 1 N–H and O–H groups in total. The largest absolute Gasteiger partial charge is 0.431 e. The van der Waals surface area contributed by atoms with Crippen LogP contribution in [0.15, 0.2) is 59.0 Å². The van der Waals surface area contributed by atoms with Crippen LogP contribution in [0.3, 0.4) is 0 Å². The SMILES string of the molecule is Cc1nc(-c2ccccc2)oc1C(=O)NC(C)c1cccc(Cl)c1. The summed E-state index contributed by atoms with van der Waals surface area (Å²) in [5.74, 6) is 0.367. The van der Waals surface area contributed by atoms with E-state index in [1.165, 1.54) is 0 Å². The van der Waals surface area contributed by atoms with Gasteiger partial charge in [-0.25, -0.2) is 4.98 Å². The molecule has 2 aromatic carbocycles. The Hall–Kier alpha value is -2.59. The lowest BCUT2D eigenvalue weighted by molar-refractivity contribution is 0.0912. The second-order valence-corrected chi connectivity index (χ2v) is 5.99. The van der Waals surface area contributed by atoms with Gasteiger partial charge in [-0.15, -0.1) is 0 Å². The molecule has 3 aromatic rings. The van der Waals surface area contributed by atoms with Crippen molar-refractivity contribution >= 4 is 17.5 Å². The summed E-state index contributed by atoms with van der Waals surface area (Å²) in [7, 11) is 0. The van der Waals surface area contributed by atoms with Crippen LogP contribution in [0.5, 0.6) is 0 Å². The molecule has 0 fully saturated rings. The van der Waals surface area contributed by atoms with Crippen molar-refractivity contribution in [2.45, 2.75) is 19.9 Å². The predicted molar refractivity (Wildman–Crippen MR) is 94.0 cm³/mol. The zero-order chi connectivity index (χ0) is 17.1. The van der Waals surface area contributed by atoms with E-state index in [2.05, 4.69) is 10.3 Å². The Kier molecular flexibility index (Phi) is 4.67. The van der Waals surface area contributed by atoms with Crippen LogP contribution in [-0.4, -0.2) is 10.9 Å². The summed E-state index contributed by atoms with van der Waals surface area (Å²) in [4.78, 5) is 16.8. The maximum atomic E-state index is 12.5. The summed E-state index contributed by atoms with van der Waals surface area (Å²) in [5, 5.41) is 3.55. The first-order valence-electron chi connectivity index (χ1n) is 7.64. The minimum atomic E-state index is -0.297. The normalized spacial score (nSPS) is 12.0. The van der Waals surface area contributed by atoms with Crippen LogP contribution in [0.25, 0.3) is 11.5 Å². The number of nitrogens with zero attached hydrogens (tertiary/aromatic N) is 1. The molecule has 0 saturated carbocycles. The standard InChI is InChI=1S/C19H17ClN2O2/c1-12(15-9-6-10-16(20)11-15)21-18(23)17-13(2)22-19(24-17)14-7-4-3-5-8-14/h3-12H,1-2H3,(H,21,23). The van der Waals surface area contributed by atoms with E-state index >= 15 is 0 Å². The molecule has 1 aromatic heterocycles. The summed E-state index contributed by atoms with van der Waals surface area (Å²) in [5.41, 5.74) is 2.32. The van der Waals surface area contributed by atoms with Gasteiger partial charge < -0.3 is 9.73 Å². The zero-order valence-corrected chi connectivity index (χ0v) is 14.2. The highest BCUT2D eigenvalue weighted by atomic mass is 35.5. The van der Waals surface area contributed by atoms with Crippen molar-refractivity contribution in [3.8, 4) is 11.5 Å². The molecule has 0 aliphatic rings. The Morgan fingerprint density at radius 2 is 1.92 bits per heavy atom. The summed E-state index contributed by atoms with van der Waals surface area (Å²) in [6.07, 6.45) is 0. The summed E-state index contributed by atoms with van der Waals surface area (Å²) in [6, 6.07) is 16.7. The second kappa shape index (κ2) is 6.89. The maximum absolute atomic E-state index is 12.5. The Morgan fingerprint density at radius 1 is 1.17 bits per heavy atom.